The minimum Gasteiger partial charge on any atom is -0.378 e. The Morgan fingerprint density at radius 3 is 2.54 bits per heavy atom. The van der Waals surface area contributed by atoms with Crippen molar-refractivity contribution in [3.63, 3.8) is 0 Å². The van der Waals surface area contributed by atoms with Crippen molar-refractivity contribution in [2.24, 2.45) is 0 Å². The fourth-order valence-corrected chi connectivity index (χ4v) is 3.68. The number of fused-ring (bicyclic) bond motifs is 1. The topological polar surface area (TPSA) is 75.9 Å². The number of carbonyl (C=O) groups excluding carboxylic acids is 1. The Labute approximate surface area is 164 Å². The lowest BCUT2D eigenvalue weighted by atomic mass is 9.86. The van der Waals surface area contributed by atoms with Crippen LogP contribution in [0.25, 0.3) is 0 Å². The molecule has 0 fully saturated rings. The number of anilines is 2. The van der Waals surface area contributed by atoms with Gasteiger partial charge in [0.2, 0.25) is 5.95 Å². The highest BCUT2D eigenvalue weighted by molar-refractivity contribution is 6.03. The maximum Gasteiger partial charge on any atom is 0.258 e. The minimum absolute atomic E-state index is 0.228. The van der Waals surface area contributed by atoms with Crippen LogP contribution in [0.1, 0.15) is 46.9 Å². The zero-order valence-electron chi connectivity index (χ0n) is 16.3. The fourth-order valence-electron chi connectivity index (χ4n) is 3.68. The summed E-state index contributed by atoms with van der Waals surface area (Å²) in [5.74, 6) is 1.70. The first-order chi connectivity index (χ1) is 13.5. The highest BCUT2D eigenvalue weighted by Crippen LogP contribution is 2.36. The number of amides is 1. The second-order valence-corrected chi connectivity index (χ2v) is 7.49. The second kappa shape index (κ2) is 7.42. The molecule has 0 spiro atoms. The molecular weight excluding hydrogens is 352 g/mol. The molecule has 2 atom stereocenters. The van der Waals surface area contributed by atoms with E-state index in [0.29, 0.717) is 17.4 Å². The van der Waals surface area contributed by atoms with Gasteiger partial charge in [0.1, 0.15) is 5.82 Å². The Balaban J connectivity index is 1.51. The van der Waals surface area contributed by atoms with Crippen molar-refractivity contribution in [3.8, 4) is 0 Å². The average molecular weight is 376 g/mol. The molecule has 1 N–H and O–H groups in total. The highest BCUT2D eigenvalue weighted by atomic mass is 16.1. The van der Waals surface area contributed by atoms with Gasteiger partial charge in [-0.05, 0) is 36.2 Å². The third kappa shape index (κ3) is 3.60. The number of pyridine rings is 1. The first-order valence-corrected chi connectivity index (χ1v) is 9.44. The normalized spacial score (nSPS) is 18.4. The fraction of sp³-hybridized carbons (Fsp3) is 0.333. The van der Waals surface area contributed by atoms with Gasteiger partial charge in [-0.3, -0.25) is 15.1 Å². The minimum atomic E-state index is -0.228. The van der Waals surface area contributed by atoms with Gasteiger partial charge in [-0.25, -0.2) is 4.68 Å². The van der Waals surface area contributed by atoms with Gasteiger partial charge < -0.3 is 4.90 Å². The van der Waals surface area contributed by atoms with Crippen molar-refractivity contribution >= 4 is 17.5 Å². The van der Waals surface area contributed by atoms with E-state index in [1.54, 1.807) is 24.5 Å². The van der Waals surface area contributed by atoms with E-state index in [4.69, 9.17) is 0 Å². The van der Waals surface area contributed by atoms with Crippen LogP contribution >= 0.6 is 0 Å². The summed E-state index contributed by atoms with van der Waals surface area (Å²) in [6.45, 7) is 2.93. The van der Waals surface area contributed by atoms with E-state index in [1.165, 1.54) is 11.3 Å². The van der Waals surface area contributed by atoms with Crippen LogP contribution in [0, 0.1) is 0 Å². The molecule has 4 rings (SSSR count). The molecule has 3 aromatic rings. The molecule has 2 aromatic heterocycles. The van der Waals surface area contributed by atoms with Crippen molar-refractivity contribution in [2.45, 2.75) is 31.7 Å². The summed E-state index contributed by atoms with van der Waals surface area (Å²) in [6.07, 6.45) is 4.20. The maximum atomic E-state index is 12.3. The molecule has 1 amide bonds. The van der Waals surface area contributed by atoms with Crippen LogP contribution in [0.4, 0.5) is 11.6 Å². The molecule has 7 heteroatoms. The van der Waals surface area contributed by atoms with Gasteiger partial charge in [0.05, 0.1) is 0 Å². The number of nitrogens with zero attached hydrogens (tertiary/aromatic N) is 5. The molecule has 28 heavy (non-hydrogen) atoms. The van der Waals surface area contributed by atoms with Gasteiger partial charge >= 0.3 is 0 Å². The maximum absolute atomic E-state index is 12.3. The molecule has 0 aliphatic carbocycles. The van der Waals surface area contributed by atoms with Gasteiger partial charge in [0, 0.05) is 56.1 Å². The van der Waals surface area contributed by atoms with Gasteiger partial charge in [0.15, 0.2) is 0 Å². The van der Waals surface area contributed by atoms with Crippen molar-refractivity contribution < 1.29 is 4.79 Å². The number of rotatable bonds is 4. The summed E-state index contributed by atoms with van der Waals surface area (Å²) in [6, 6.07) is 12.0. The zero-order chi connectivity index (χ0) is 19.7. The summed E-state index contributed by atoms with van der Waals surface area (Å²) in [5.41, 5.74) is 3.03. The third-order valence-corrected chi connectivity index (χ3v) is 5.22. The van der Waals surface area contributed by atoms with Crippen molar-refractivity contribution in [2.75, 3.05) is 24.3 Å². The van der Waals surface area contributed by atoms with Crippen LogP contribution in [0.15, 0.2) is 48.8 Å². The summed E-state index contributed by atoms with van der Waals surface area (Å²) in [4.78, 5) is 22.9. The Bertz CT molecular complexity index is 964. The molecule has 1 aromatic carbocycles. The Morgan fingerprint density at radius 2 is 1.86 bits per heavy atom. The van der Waals surface area contributed by atoms with E-state index in [1.807, 2.05) is 18.8 Å². The predicted molar refractivity (Wildman–Crippen MR) is 109 cm³/mol. The number of hydrogen-bond donors (Lipinski definition) is 1. The summed E-state index contributed by atoms with van der Waals surface area (Å²) in [7, 11) is 4.09. The lowest BCUT2D eigenvalue weighted by Gasteiger charge is -2.27. The third-order valence-electron chi connectivity index (χ3n) is 5.22. The van der Waals surface area contributed by atoms with Crippen molar-refractivity contribution in [1.82, 2.24) is 19.7 Å². The number of hydrogen-bond acceptors (Lipinski definition) is 5. The summed E-state index contributed by atoms with van der Waals surface area (Å²) in [5, 5.41) is 7.33. The van der Waals surface area contributed by atoms with E-state index in [2.05, 4.69) is 56.5 Å². The van der Waals surface area contributed by atoms with Gasteiger partial charge in [-0.15, -0.1) is 5.10 Å². The van der Waals surface area contributed by atoms with Crippen LogP contribution in [0.2, 0.25) is 0 Å². The number of carbonyl (C=O) groups is 1. The van der Waals surface area contributed by atoms with Crippen LogP contribution in [-0.4, -0.2) is 39.8 Å². The van der Waals surface area contributed by atoms with E-state index in [-0.39, 0.29) is 11.8 Å². The van der Waals surface area contributed by atoms with E-state index < -0.39 is 0 Å². The molecule has 0 saturated heterocycles. The summed E-state index contributed by atoms with van der Waals surface area (Å²) < 4.78 is 1.93. The molecule has 0 radical (unpaired) electrons. The monoisotopic (exact) mass is 376 g/mol. The zero-order valence-corrected chi connectivity index (χ0v) is 16.3. The lowest BCUT2D eigenvalue weighted by molar-refractivity contribution is 0.102. The van der Waals surface area contributed by atoms with E-state index in [9.17, 15) is 4.79 Å². The number of nitrogens with one attached hydrogen (secondary N) is 1. The van der Waals surface area contributed by atoms with Gasteiger partial charge in [-0.2, -0.15) is 4.98 Å². The molecule has 2 unspecified atom stereocenters. The average Bonchev–Trinajstić information content (AvgIpc) is 3.11. The largest absolute Gasteiger partial charge is 0.378 e. The first kappa shape index (κ1) is 18.2. The molecule has 3 heterocycles. The first-order valence-electron chi connectivity index (χ1n) is 9.44. The number of benzene rings is 1. The van der Waals surface area contributed by atoms with Crippen LogP contribution in [-0.2, 0) is 6.54 Å². The SMILES string of the molecule is CC1CC(c2ccc(N(C)C)cc2)Cn2nc(NC(=O)c3ccncc3)nc21. The quantitative estimate of drug-likeness (QED) is 0.756. The molecule has 0 saturated carbocycles. The van der Waals surface area contributed by atoms with Crippen molar-refractivity contribution in [1.29, 1.82) is 0 Å². The van der Waals surface area contributed by atoms with Gasteiger partial charge in [-0.1, -0.05) is 19.1 Å². The number of aromatic nitrogens is 4. The smallest absolute Gasteiger partial charge is 0.258 e. The standard InChI is InChI=1S/C21H24N6O/c1-14-12-17(15-4-6-18(7-5-15)26(2)3)13-27-19(14)23-21(25-27)24-20(28)16-8-10-22-11-9-16/h4-11,14,17H,12-13H2,1-3H3,(H,24,25,28). The van der Waals surface area contributed by atoms with Crippen LogP contribution in [0.3, 0.4) is 0 Å². The lowest BCUT2D eigenvalue weighted by Crippen LogP contribution is -2.22. The van der Waals surface area contributed by atoms with Crippen molar-refractivity contribution in [3.05, 3.63) is 65.7 Å². The van der Waals surface area contributed by atoms with E-state index in [0.717, 1.165) is 18.8 Å². The molecular formula is C21H24N6O. The molecule has 1 aliphatic rings. The second-order valence-electron chi connectivity index (χ2n) is 7.49. The summed E-state index contributed by atoms with van der Waals surface area (Å²) >= 11 is 0. The predicted octanol–water partition coefficient (Wildman–Crippen LogP) is 3.28. The molecule has 1 aliphatic heterocycles. The molecule has 144 valence electrons. The Hall–Kier alpha value is -3.22. The van der Waals surface area contributed by atoms with E-state index >= 15 is 0 Å². The Morgan fingerprint density at radius 1 is 1.14 bits per heavy atom. The van der Waals surface area contributed by atoms with Crippen LogP contribution in [0.5, 0.6) is 0 Å². The molecule has 0 bridgehead atoms. The Kier molecular flexibility index (Phi) is 4.81. The molecule has 7 nitrogen and oxygen atoms in total. The highest BCUT2D eigenvalue weighted by Gasteiger charge is 2.28. The van der Waals surface area contributed by atoms with Crippen LogP contribution < -0.4 is 10.2 Å². The van der Waals surface area contributed by atoms with Gasteiger partial charge in [0.25, 0.3) is 5.91 Å².